The Bertz CT molecular complexity index is 729. The summed E-state index contributed by atoms with van der Waals surface area (Å²) in [5.41, 5.74) is 0. The lowest BCUT2D eigenvalue weighted by atomic mass is 10.2. The van der Waals surface area contributed by atoms with Gasteiger partial charge in [0.05, 0.1) is 11.0 Å². The van der Waals surface area contributed by atoms with E-state index in [2.05, 4.69) is 0 Å². The Balaban J connectivity index is 1.94. The maximum absolute atomic E-state index is 13.2. The van der Waals surface area contributed by atoms with Crippen LogP contribution in [-0.4, -0.2) is 45.7 Å². The fourth-order valence-corrected chi connectivity index (χ4v) is 3.53. The molecule has 7 heteroatoms. The van der Waals surface area contributed by atoms with Crippen LogP contribution in [-0.2, 0) is 4.79 Å². The van der Waals surface area contributed by atoms with Crippen molar-refractivity contribution < 1.29 is 24.2 Å². The van der Waals surface area contributed by atoms with E-state index in [9.17, 15) is 19.1 Å². The first kappa shape index (κ1) is 14.0. The lowest BCUT2D eigenvalue weighted by Gasteiger charge is -2.20. The number of hydrogen-bond acceptors (Lipinski definition) is 4. The van der Waals surface area contributed by atoms with E-state index in [1.54, 1.807) is 12.1 Å². The van der Waals surface area contributed by atoms with E-state index in [1.165, 1.54) is 23.5 Å². The molecule has 0 saturated carbocycles. The number of aliphatic hydroxyl groups excluding tert-OH is 1. The van der Waals surface area contributed by atoms with E-state index in [4.69, 9.17) is 5.11 Å². The van der Waals surface area contributed by atoms with Crippen LogP contribution in [0.2, 0.25) is 0 Å². The summed E-state index contributed by atoms with van der Waals surface area (Å²) < 4.78 is 13.9. The molecule has 0 unspecified atom stereocenters. The van der Waals surface area contributed by atoms with E-state index in [0.29, 0.717) is 10.3 Å². The van der Waals surface area contributed by atoms with Gasteiger partial charge >= 0.3 is 5.97 Å². The minimum atomic E-state index is -1.13. The summed E-state index contributed by atoms with van der Waals surface area (Å²) in [5, 5.41) is 19.3. The Morgan fingerprint density at radius 1 is 1.33 bits per heavy atom. The van der Waals surface area contributed by atoms with Crippen molar-refractivity contribution in [2.75, 3.05) is 6.54 Å². The van der Waals surface area contributed by atoms with Crippen molar-refractivity contribution in [2.24, 2.45) is 0 Å². The van der Waals surface area contributed by atoms with Crippen LogP contribution in [0.25, 0.3) is 10.1 Å². The van der Waals surface area contributed by atoms with Gasteiger partial charge in [0.2, 0.25) is 0 Å². The second-order valence-electron chi connectivity index (χ2n) is 4.99. The van der Waals surface area contributed by atoms with E-state index >= 15 is 0 Å². The summed E-state index contributed by atoms with van der Waals surface area (Å²) in [4.78, 5) is 25.1. The van der Waals surface area contributed by atoms with Crippen LogP contribution in [0.15, 0.2) is 24.3 Å². The van der Waals surface area contributed by atoms with Gasteiger partial charge in [-0.2, -0.15) is 0 Å². The summed E-state index contributed by atoms with van der Waals surface area (Å²) in [6.45, 7) is -0.00158. The molecule has 1 aromatic heterocycles. The Morgan fingerprint density at radius 3 is 2.81 bits per heavy atom. The number of carboxylic acid groups (broad SMARTS) is 1. The lowest BCUT2D eigenvalue weighted by Crippen LogP contribution is -2.40. The molecule has 1 fully saturated rings. The van der Waals surface area contributed by atoms with Crippen LogP contribution in [0.1, 0.15) is 16.1 Å². The number of benzene rings is 1. The van der Waals surface area contributed by atoms with Gasteiger partial charge in [-0.1, -0.05) is 0 Å². The number of carboxylic acids is 1. The number of likely N-dealkylation sites (tertiary alicyclic amines) is 1. The number of halogens is 1. The third-order valence-corrected chi connectivity index (χ3v) is 4.62. The fraction of sp³-hybridized carbons (Fsp3) is 0.286. The number of rotatable bonds is 2. The van der Waals surface area contributed by atoms with Crippen LogP contribution in [0.4, 0.5) is 4.39 Å². The molecular weight excluding hydrogens is 297 g/mol. The lowest BCUT2D eigenvalue weighted by molar-refractivity contribution is -0.141. The number of nitrogens with zero attached hydrogens (tertiary/aromatic N) is 1. The molecule has 0 aliphatic carbocycles. The number of fused-ring (bicyclic) bond motifs is 1. The maximum atomic E-state index is 13.2. The minimum Gasteiger partial charge on any atom is -0.480 e. The highest BCUT2D eigenvalue weighted by Crippen LogP contribution is 2.29. The maximum Gasteiger partial charge on any atom is 0.326 e. The molecule has 0 radical (unpaired) electrons. The molecule has 1 aromatic carbocycles. The van der Waals surface area contributed by atoms with Crippen LogP contribution in [0.5, 0.6) is 0 Å². The van der Waals surface area contributed by atoms with Crippen molar-refractivity contribution in [3.63, 3.8) is 0 Å². The molecule has 2 aromatic rings. The Labute approximate surface area is 123 Å². The molecule has 1 aliphatic rings. The number of hydrogen-bond donors (Lipinski definition) is 2. The molecule has 110 valence electrons. The summed E-state index contributed by atoms with van der Waals surface area (Å²) >= 11 is 1.18. The number of amides is 1. The van der Waals surface area contributed by atoms with E-state index in [0.717, 1.165) is 9.60 Å². The monoisotopic (exact) mass is 309 g/mol. The topological polar surface area (TPSA) is 77.8 Å². The molecule has 1 saturated heterocycles. The zero-order valence-corrected chi connectivity index (χ0v) is 11.6. The van der Waals surface area contributed by atoms with Crippen molar-refractivity contribution in [3.05, 3.63) is 35.0 Å². The fourth-order valence-electron chi connectivity index (χ4n) is 2.53. The third kappa shape index (κ3) is 2.50. The highest BCUT2D eigenvalue weighted by atomic mass is 32.1. The van der Waals surface area contributed by atoms with Crippen molar-refractivity contribution >= 4 is 33.3 Å². The summed E-state index contributed by atoms with van der Waals surface area (Å²) in [7, 11) is 0. The van der Waals surface area contributed by atoms with Crippen LogP contribution in [0.3, 0.4) is 0 Å². The van der Waals surface area contributed by atoms with Gasteiger partial charge in [-0.15, -0.1) is 11.3 Å². The first-order chi connectivity index (χ1) is 9.95. The Morgan fingerprint density at radius 2 is 2.10 bits per heavy atom. The normalized spacial score (nSPS) is 21.9. The van der Waals surface area contributed by atoms with Gasteiger partial charge in [-0.3, -0.25) is 4.79 Å². The van der Waals surface area contributed by atoms with Gasteiger partial charge in [-0.25, -0.2) is 9.18 Å². The predicted molar refractivity (Wildman–Crippen MR) is 74.9 cm³/mol. The molecule has 1 aliphatic heterocycles. The number of aliphatic carboxylic acids is 1. The molecular formula is C14H12FNO4S. The van der Waals surface area contributed by atoms with Gasteiger partial charge in [0.25, 0.3) is 5.91 Å². The molecule has 2 heterocycles. The van der Waals surface area contributed by atoms with Crippen molar-refractivity contribution in [2.45, 2.75) is 18.6 Å². The first-order valence-corrected chi connectivity index (χ1v) is 7.18. The minimum absolute atomic E-state index is 0.00158. The quantitative estimate of drug-likeness (QED) is 0.885. The molecule has 0 bridgehead atoms. The van der Waals surface area contributed by atoms with Crippen molar-refractivity contribution in [1.82, 2.24) is 4.90 Å². The van der Waals surface area contributed by atoms with Gasteiger partial charge in [0, 0.05) is 17.7 Å². The van der Waals surface area contributed by atoms with Gasteiger partial charge in [0.15, 0.2) is 0 Å². The molecule has 21 heavy (non-hydrogen) atoms. The zero-order valence-electron chi connectivity index (χ0n) is 10.8. The zero-order chi connectivity index (χ0) is 15.1. The Hall–Kier alpha value is -1.99. The van der Waals surface area contributed by atoms with Gasteiger partial charge < -0.3 is 15.1 Å². The largest absolute Gasteiger partial charge is 0.480 e. The highest BCUT2D eigenvalue weighted by molar-refractivity contribution is 7.20. The predicted octanol–water partition coefficient (Wildman–Crippen LogP) is 1.70. The van der Waals surface area contributed by atoms with Crippen molar-refractivity contribution in [1.29, 1.82) is 0 Å². The third-order valence-electron chi connectivity index (χ3n) is 3.51. The number of thiophene rings is 1. The van der Waals surface area contributed by atoms with E-state index in [1.807, 2.05) is 0 Å². The first-order valence-electron chi connectivity index (χ1n) is 6.36. The summed E-state index contributed by atoms with van der Waals surface area (Å²) in [6.07, 6.45) is -0.803. The number of carbonyl (C=O) groups is 2. The summed E-state index contributed by atoms with van der Waals surface area (Å²) in [6, 6.07) is 4.76. The molecule has 1 amide bonds. The number of aliphatic hydroxyl groups is 1. The second kappa shape index (κ2) is 5.09. The van der Waals surface area contributed by atoms with Gasteiger partial charge in [-0.05, 0) is 29.7 Å². The second-order valence-corrected chi connectivity index (χ2v) is 6.08. The molecule has 2 atom stereocenters. The highest BCUT2D eigenvalue weighted by Gasteiger charge is 2.39. The van der Waals surface area contributed by atoms with E-state index in [-0.39, 0.29) is 18.8 Å². The average Bonchev–Trinajstić information content (AvgIpc) is 3.00. The standard InChI is InChI=1S/C14H12FNO4S/c15-8-1-2-11-7(3-8)4-12(21-11)13(18)16-6-9(17)5-10(16)14(19)20/h1-4,9-10,17H,5-6H2,(H,19,20)/t9-,10+/m1/s1. The van der Waals surface area contributed by atoms with E-state index < -0.39 is 24.0 Å². The van der Waals surface area contributed by atoms with Crippen molar-refractivity contribution in [3.8, 4) is 0 Å². The Kier molecular flexibility index (Phi) is 3.38. The van der Waals surface area contributed by atoms with Crippen LogP contribution < -0.4 is 0 Å². The summed E-state index contributed by atoms with van der Waals surface area (Å²) in [5.74, 6) is -1.97. The average molecular weight is 309 g/mol. The van der Waals surface area contributed by atoms with Gasteiger partial charge in [0.1, 0.15) is 11.9 Å². The molecule has 0 spiro atoms. The molecule has 5 nitrogen and oxygen atoms in total. The number of carbonyl (C=O) groups excluding carboxylic acids is 1. The van der Waals surface area contributed by atoms with Crippen LogP contribution >= 0.6 is 11.3 Å². The van der Waals surface area contributed by atoms with Crippen LogP contribution in [0, 0.1) is 5.82 Å². The number of β-amino-alcohol motifs (C(OH)–C–C–N with tert-alkyl or cyclic N) is 1. The smallest absolute Gasteiger partial charge is 0.326 e. The molecule has 3 rings (SSSR count). The molecule has 2 N–H and O–H groups in total. The SMILES string of the molecule is O=C(O)[C@@H]1C[C@@H](O)CN1C(=O)c1cc2cc(F)ccc2s1.